The number of likely N-dealkylation sites (tertiary alicyclic amines) is 1. The number of benzene rings is 1. The molecule has 1 atom stereocenters. The second-order valence-electron chi connectivity index (χ2n) is 7.99. The molecule has 0 radical (unpaired) electrons. The van der Waals surface area contributed by atoms with Gasteiger partial charge in [-0.3, -0.25) is 9.59 Å². The van der Waals surface area contributed by atoms with E-state index in [0.717, 1.165) is 10.0 Å². The predicted molar refractivity (Wildman–Crippen MR) is 125 cm³/mol. The smallest absolute Gasteiger partial charge is 0.296 e. The molecule has 166 valence electrons. The van der Waals surface area contributed by atoms with Crippen molar-refractivity contribution >= 4 is 39.0 Å². The van der Waals surface area contributed by atoms with Gasteiger partial charge in [-0.15, -0.1) is 0 Å². The minimum Gasteiger partial charge on any atom is -0.505 e. The number of aryl methyl sites for hydroxylation is 2. The Bertz CT molecular complexity index is 1440. The minimum absolute atomic E-state index is 0.00816. The highest BCUT2D eigenvalue weighted by molar-refractivity contribution is 9.10. The molecule has 1 aliphatic rings. The number of amides is 1. The fraction of sp³-hybridized carbons (Fsp3) is 0.160. The lowest BCUT2D eigenvalue weighted by atomic mass is 9.96. The van der Waals surface area contributed by atoms with E-state index in [2.05, 4.69) is 20.9 Å². The Hall–Kier alpha value is -3.65. The lowest BCUT2D eigenvalue weighted by Crippen LogP contribution is -2.29. The summed E-state index contributed by atoms with van der Waals surface area (Å²) in [4.78, 5) is 32.4. The number of aromatic nitrogens is 2. The number of pyridine rings is 1. The van der Waals surface area contributed by atoms with Crippen molar-refractivity contribution in [1.29, 1.82) is 0 Å². The quantitative estimate of drug-likeness (QED) is 0.241. The maximum absolute atomic E-state index is 13.2. The van der Waals surface area contributed by atoms with Crippen molar-refractivity contribution < 1.29 is 19.1 Å². The van der Waals surface area contributed by atoms with E-state index >= 15 is 0 Å². The number of halogens is 1. The number of carbonyl (C=O) groups is 2. The van der Waals surface area contributed by atoms with Gasteiger partial charge in [0, 0.05) is 10.7 Å². The highest BCUT2D eigenvalue weighted by atomic mass is 79.9. The third-order valence-electron chi connectivity index (χ3n) is 5.92. The van der Waals surface area contributed by atoms with Crippen molar-refractivity contribution in [2.45, 2.75) is 26.4 Å². The Morgan fingerprint density at radius 2 is 1.97 bits per heavy atom. The molecule has 3 aromatic heterocycles. The molecule has 8 heteroatoms. The van der Waals surface area contributed by atoms with Gasteiger partial charge < -0.3 is 18.8 Å². The summed E-state index contributed by atoms with van der Waals surface area (Å²) in [5, 5.41) is 11.4. The zero-order valence-electron chi connectivity index (χ0n) is 17.9. The van der Waals surface area contributed by atoms with Crippen molar-refractivity contribution in [2.75, 3.05) is 0 Å². The van der Waals surface area contributed by atoms with Crippen LogP contribution in [-0.2, 0) is 16.1 Å². The number of aliphatic hydroxyl groups excluding tert-OH is 1. The molecule has 7 nitrogen and oxygen atoms in total. The van der Waals surface area contributed by atoms with Crippen LogP contribution in [0.1, 0.15) is 34.3 Å². The van der Waals surface area contributed by atoms with Crippen molar-refractivity contribution in [2.24, 2.45) is 0 Å². The largest absolute Gasteiger partial charge is 0.505 e. The number of rotatable bonds is 4. The first kappa shape index (κ1) is 21.2. The molecule has 1 aromatic carbocycles. The number of fused-ring (bicyclic) bond motifs is 1. The summed E-state index contributed by atoms with van der Waals surface area (Å²) in [6.45, 7) is 3.84. The van der Waals surface area contributed by atoms with E-state index in [1.807, 2.05) is 60.8 Å². The van der Waals surface area contributed by atoms with E-state index < -0.39 is 17.7 Å². The van der Waals surface area contributed by atoms with Crippen LogP contribution in [0.2, 0.25) is 0 Å². The molecule has 1 amide bonds. The third-order valence-corrected chi connectivity index (χ3v) is 6.41. The number of nitrogens with zero attached hydrogens (tertiary/aromatic N) is 3. The predicted octanol–water partition coefficient (Wildman–Crippen LogP) is 4.93. The Morgan fingerprint density at radius 1 is 1.15 bits per heavy atom. The average molecular weight is 506 g/mol. The van der Waals surface area contributed by atoms with E-state index in [0.29, 0.717) is 22.7 Å². The highest BCUT2D eigenvalue weighted by Crippen LogP contribution is 2.41. The second kappa shape index (κ2) is 8.04. The highest BCUT2D eigenvalue weighted by Gasteiger charge is 2.47. The van der Waals surface area contributed by atoms with Crippen LogP contribution in [0.25, 0.3) is 11.4 Å². The number of Topliss-reactive ketones (excluding diaryl/α,β-unsaturated/α-hetero) is 1. The Morgan fingerprint density at radius 3 is 2.67 bits per heavy atom. The van der Waals surface area contributed by atoms with E-state index in [9.17, 15) is 14.7 Å². The monoisotopic (exact) mass is 505 g/mol. The Kier molecular flexibility index (Phi) is 5.17. The summed E-state index contributed by atoms with van der Waals surface area (Å²) in [7, 11) is 0. The summed E-state index contributed by atoms with van der Waals surface area (Å²) in [5.74, 6) is -1.20. The summed E-state index contributed by atoms with van der Waals surface area (Å²) >= 11 is 3.46. The van der Waals surface area contributed by atoms with Gasteiger partial charge in [-0.25, -0.2) is 4.98 Å². The third kappa shape index (κ3) is 3.47. The summed E-state index contributed by atoms with van der Waals surface area (Å²) in [6.07, 6.45) is 3.37. The normalized spacial score (nSPS) is 17.9. The number of aliphatic hydroxyl groups is 1. The van der Waals surface area contributed by atoms with Gasteiger partial charge in [0.1, 0.15) is 17.1 Å². The van der Waals surface area contributed by atoms with E-state index in [-0.39, 0.29) is 23.6 Å². The van der Waals surface area contributed by atoms with Crippen LogP contribution in [0.4, 0.5) is 0 Å². The van der Waals surface area contributed by atoms with Crippen molar-refractivity contribution in [3.05, 3.63) is 99.3 Å². The molecular formula is C25H20BrN3O4. The van der Waals surface area contributed by atoms with Crippen LogP contribution in [0.3, 0.4) is 0 Å². The summed E-state index contributed by atoms with van der Waals surface area (Å²) in [5.41, 5.74) is 3.27. The lowest BCUT2D eigenvalue weighted by molar-refractivity contribution is -0.140. The topological polar surface area (TPSA) is 88.0 Å². The summed E-state index contributed by atoms with van der Waals surface area (Å²) < 4.78 is 8.08. The molecule has 0 spiro atoms. The van der Waals surface area contributed by atoms with E-state index in [4.69, 9.17) is 4.42 Å². The lowest BCUT2D eigenvalue weighted by Gasteiger charge is -2.24. The number of hydrogen-bond donors (Lipinski definition) is 1. The van der Waals surface area contributed by atoms with E-state index in [1.165, 1.54) is 11.2 Å². The van der Waals surface area contributed by atoms with Gasteiger partial charge in [0.2, 0.25) is 0 Å². The van der Waals surface area contributed by atoms with Gasteiger partial charge in [0.05, 0.1) is 30.1 Å². The SMILES string of the molecule is Cc1cccn2c(C)c(C(O)=C3C(=O)C(=O)N(Cc4ccco4)C3c3cccc(Br)c3)nc12. The van der Waals surface area contributed by atoms with Gasteiger partial charge in [-0.05, 0) is 55.3 Å². The number of imidazole rings is 1. The minimum atomic E-state index is -0.794. The molecule has 1 saturated heterocycles. The van der Waals surface area contributed by atoms with Crippen LogP contribution in [0.5, 0.6) is 0 Å². The Balaban J connectivity index is 1.72. The molecule has 33 heavy (non-hydrogen) atoms. The van der Waals surface area contributed by atoms with Crippen LogP contribution in [0.15, 0.2) is 75.5 Å². The molecular weight excluding hydrogens is 486 g/mol. The van der Waals surface area contributed by atoms with Gasteiger partial charge in [-0.2, -0.15) is 0 Å². The second-order valence-corrected chi connectivity index (χ2v) is 8.91. The van der Waals surface area contributed by atoms with Gasteiger partial charge in [-0.1, -0.05) is 34.1 Å². The molecule has 5 rings (SSSR count). The molecule has 0 bridgehead atoms. The fourth-order valence-corrected chi connectivity index (χ4v) is 4.73. The van der Waals surface area contributed by atoms with Crippen molar-refractivity contribution in [3.8, 4) is 0 Å². The molecule has 1 fully saturated rings. The first-order valence-corrected chi connectivity index (χ1v) is 11.2. The zero-order valence-corrected chi connectivity index (χ0v) is 19.5. The fourth-order valence-electron chi connectivity index (χ4n) is 4.31. The molecule has 1 aliphatic heterocycles. The maximum atomic E-state index is 13.2. The number of furan rings is 1. The molecule has 0 saturated carbocycles. The molecule has 1 N–H and O–H groups in total. The van der Waals surface area contributed by atoms with Crippen molar-refractivity contribution in [3.63, 3.8) is 0 Å². The number of carbonyl (C=O) groups excluding carboxylic acids is 2. The molecule has 4 heterocycles. The zero-order chi connectivity index (χ0) is 23.3. The van der Waals surface area contributed by atoms with Crippen LogP contribution in [-0.4, -0.2) is 31.1 Å². The number of hydrogen-bond acceptors (Lipinski definition) is 5. The van der Waals surface area contributed by atoms with Gasteiger partial charge in [0.25, 0.3) is 11.7 Å². The number of ketones is 1. The van der Waals surface area contributed by atoms with Gasteiger partial charge >= 0.3 is 0 Å². The van der Waals surface area contributed by atoms with Crippen LogP contribution < -0.4 is 0 Å². The van der Waals surface area contributed by atoms with Gasteiger partial charge in [0.15, 0.2) is 5.76 Å². The standard InChI is InChI=1S/C25H20BrN3O4/c1-14-6-4-10-28-15(2)20(27-24(14)28)22(30)19-21(16-7-3-8-17(26)12-16)29(25(32)23(19)31)13-18-9-5-11-33-18/h3-12,21,30H,13H2,1-2H3. The average Bonchev–Trinajstić information content (AvgIpc) is 3.49. The van der Waals surface area contributed by atoms with Crippen LogP contribution in [0, 0.1) is 13.8 Å². The maximum Gasteiger partial charge on any atom is 0.296 e. The van der Waals surface area contributed by atoms with Crippen molar-refractivity contribution in [1.82, 2.24) is 14.3 Å². The first-order chi connectivity index (χ1) is 15.9. The summed E-state index contributed by atoms with van der Waals surface area (Å²) in [6, 6.07) is 13.8. The Labute approximate surface area is 198 Å². The molecule has 0 aliphatic carbocycles. The van der Waals surface area contributed by atoms with E-state index in [1.54, 1.807) is 12.1 Å². The van der Waals surface area contributed by atoms with Crippen LogP contribution >= 0.6 is 15.9 Å². The first-order valence-electron chi connectivity index (χ1n) is 10.4. The molecule has 1 unspecified atom stereocenters. The molecule has 4 aromatic rings.